The topological polar surface area (TPSA) is 52.7 Å². The molecular weight excluding hydrogens is 362 g/mol. The number of carbonyl (C=O) groups excluding carboxylic acids is 2. The molecule has 2 aromatic carbocycles. The second-order valence-corrected chi connectivity index (χ2v) is 7.47. The summed E-state index contributed by atoms with van der Waals surface area (Å²) in [5.41, 5.74) is 1.87. The van der Waals surface area contributed by atoms with Gasteiger partial charge in [0.05, 0.1) is 6.04 Å². The van der Waals surface area contributed by atoms with E-state index in [2.05, 4.69) is 5.32 Å². The highest BCUT2D eigenvalue weighted by Gasteiger charge is 2.32. The van der Waals surface area contributed by atoms with Gasteiger partial charge in [0.2, 0.25) is 5.91 Å². The van der Waals surface area contributed by atoms with Crippen LogP contribution in [-0.2, 0) is 11.3 Å². The molecule has 1 atom stereocenters. The maximum atomic E-state index is 12.8. The van der Waals surface area contributed by atoms with E-state index in [1.165, 1.54) is 0 Å². The number of amides is 3. The van der Waals surface area contributed by atoms with Crippen LogP contribution in [-0.4, -0.2) is 35.5 Å². The van der Waals surface area contributed by atoms with Crippen LogP contribution >= 0.6 is 11.6 Å². The van der Waals surface area contributed by atoms with Crippen molar-refractivity contribution in [2.75, 3.05) is 11.4 Å². The summed E-state index contributed by atoms with van der Waals surface area (Å²) in [5.74, 6) is 0.00165. The summed E-state index contributed by atoms with van der Waals surface area (Å²) < 4.78 is 0. The molecule has 3 amide bonds. The Balaban J connectivity index is 1.64. The lowest BCUT2D eigenvalue weighted by Gasteiger charge is -2.28. The van der Waals surface area contributed by atoms with Gasteiger partial charge in [-0.1, -0.05) is 41.9 Å². The number of carbonyl (C=O) groups is 2. The maximum Gasteiger partial charge on any atom is 0.318 e. The van der Waals surface area contributed by atoms with Gasteiger partial charge in [-0.05, 0) is 43.7 Å². The van der Waals surface area contributed by atoms with Gasteiger partial charge in [0.15, 0.2) is 0 Å². The van der Waals surface area contributed by atoms with Crippen LogP contribution < -0.4 is 10.2 Å². The molecular formula is C21H24ClN3O2. The lowest BCUT2D eigenvalue weighted by atomic mass is 10.2. The maximum absolute atomic E-state index is 12.8. The minimum Gasteiger partial charge on any atom is -0.333 e. The molecule has 5 nitrogen and oxygen atoms in total. The molecule has 6 heteroatoms. The molecule has 0 radical (unpaired) electrons. The molecule has 0 aromatic heterocycles. The first-order valence-electron chi connectivity index (χ1n) is 9.11. The van der Waals surface area contributed by atoms with Gasteiger partial charge in [-0.2, -0.15) is 0 Å². The van der Waals surface area contributed by atoms with E-state index >= 15 is 0 Å². The second-order valence-electron chi connectivity index (χ2n) is 7.04. The first kappa shape index (κ1) is 19.2. The van der Waals surface area contributed by atoms with Crippen LogP contribution in [0.2, 0.25) is 5.02 Å². The zero-order valence-corrected chi connectivity index (χ0v) is 16.3. The molecule has 0 bridgehead atoms. The smallest absolute Gasteiger partial charge is 0.318 e. The van der Waals surface area contributed by atoms with E-state index in [0.29, 0.717) is 24.5 Å². The van der Waals surface area contributed by atoms with Gasteiger partial charge < -0.3 is 15.1 Å². The minimum absolute atomic E-state index is 0.00165. The van der Waals surface area contributed by atoms with Crippen LogP contribution in [0.3, 0.4) is 0 Å². The Morgan fingerprint density at radius 2 is 1.85 bits per heavy atom. The van der Waals surface area contributed by atoms with Gasteiger partial charge in [-0.3, -0.25) is 4.79 Å². The van der Waals surface area contributed by atoms with Gasteiger partial charge in [-0.15, -0.1) is 0 Å². The molecule has 1 aliphatic rings. The lowest BCUT2D eigenvalue weighted by Crippen LogP contribution is -2.48. The van der Waals surface area contributed by atoms with Gasteiger partial charge >= 0.3 is 6.03 Å². The van der Waals surface area contributed by atoms with E-state index in [-0.39, 0.29) is 24.0 Å². The number of nitrogens with one attached hydrogen (secondary N) is 1. The summed E-state index contributed by atoms with van der Waals surface area (Å²) in [6.07, 6.45) is 0.297. The molecule has 1 N–H and O–H groups in total. The number of hydrogen-bond donors (Lipinski definition) is 1. The molecule has 2 aromatic rings. The van der Waals surface area contributed by atoms with E-state index in [4.69, 9.17) is 11.6 Å². The number of halogens is 1. The normalized spacial score (nSPS) is 16.7. The fraction of sp³-hybridized carbons (Fsp3) is 0.333. The van der Waals surface area contributed by atoms with Crippen molar-refractivity contribution in [1.29, 1.82) is 0 Å². The number of urea groups is 1. The lowest BCUT2D eigenvalue weighted by molar-refractivity contribution is -0.117. The standard InChI is InChI=1S/C21H24ClN3O2/c1-15(2)24(13-16-6-4-3-5-7-16)21(27)23-18-12-20(26)25(14-18)19-10-8-17(22)9-11-19/h3-11,15,18H,12-14H2,1-2H3,(H,23,27). The van der Waals surface area contributed by atoms with Crippen LogP contribution in [0.15, 0.2) is 54.6 Å². The summed E-state index contributed by atoms with van der Waals surface area (Å²) in [6.45, 7) is 4.97. The Bertz CT molecular complexity index is 793. The highest BCUT2D eigenvalue weighted by atomic mass is 35.5. The Kier molecular flexibility index (Phi) is 6.01. The number of hydrogen-bond acceptors (Lipinski definition) is 2. The predicted octanol–water partition coefficient (Wildman–Crippen LogP) is 4.07. The van der Waals surface area contributed by atoms with Crippen LogP contribution in [0.4, 0.5) is 10.5 Å². The van der Waals surface area contributed by atoms with E-state index in [0.717, 1.165) is 11.3 Å². The summed E-state index contributed by atoms with van der Waals surface area (Å²) >= 11 is 5.92. The molecule has 0 spiro atoms. The van der Waals surface area contributed by atoms with Gasteiger partial charge in [0, 0.05) is 36.3 Å². The molecule has 0 saturated carbocycles. The van der Waals surface area contributed by atoms with Crippen molar-refractivity contribution < 1.29 is 9.59 Å². The molecule has 0 aliphatic carbocycles. The van der Waals surface area contributed by atoms with Gasteiger partial charge in [0.1, 0.15) is 0 Å². The number of rotatable bonds is 5. The van der Waals surface area contributed by atoms with E-state index in [1.54, 1.807) is 21.9 Å². The number of benzene rings is 2. The van der Waals surface area contributed by atoms with Gasteiger partial charge in [0.25, 0.3) is 0 Å². The highest BCUT2D eigenvalue weighted by molar-refractivity contribution is 6.30. The Morgan fingerprint density at radius 1 is 1.19 bits per heavy atom. The van der Waals surface area contributed by atoms with Crippen molar-refractivity contribution >= 4 is 29.2 Å². The Hall–Kier alpha value is -2.53. The first-order valence-corrected chi connectivity index (χ1v) is 9.49. The molecule has 1 unspecified atom stereocenters. The van der Waals surface area contributed by atoms with Crippen molar-refractivity contribution in [2.24, 2.45) is 0 Å². The van der Waals surface area contributed by atoms with Crippen molar-refractivity contribution in [3.8, 4) is 0 Å². The summed E-state index contributed by atoms with van der Waals surface area (Å²) in [5, 5.41) is 3.65. The zero-order valence-electron chi connectivity index (χ0n) is 15.6. The molecule has 142 valence electrons. The average molecular weight is 386 g/mol. The Morgan fingerprint density at radius 3 is 2.48 bits per heavy atom. The van der Waals surface area contributed by atoms with E-state index < -0.39 is 0 Å². The fourth-order valence-corrected chi connectivity index (χ4v) is 3.33. The third-order valence-corrected chi connectivity index (χ3v) is 4.92. The largest absolute Gasteiger partial charge is 0.333 e. The molecule has 1 heterocycles. The average Bonchev–Trinajstić information content (AvgIpc) is 3.01. The van der Waals surface area contributed by atoms with Crippen molar-refractivity contribution in [3.05, 3.63) is 65.2 Å². The third-order valence-electron chi connectivity index (χ3n) is 4.67. The first-order chi connectivity index (χ1) is 12.9. The molecule has 1 aliphatic heterocycles. The van der Waals surface area contributed by atoms with Crippen molar-refractivity contribution in [2.45, 2.75) is 38.9 Å². The third kappa shape index (κ3) is 4.80. The van der Waals surface area contributed by atoms with E-state index in [9.17, 15) is 9.59 Å². The zero-order chi connectivity index (χ0) is 19.4. The predicted molar refractivity (Wildman–Crippen MR) is 108 cm³/mol. The summed E-state index contributed by atoms with van der Waals surface area (Å²) in [7, 11) is 0. The summed E-state index contributed by atoms with van der Waals surface area (Å²) in [4.78, 5) is 28.7. The van der Waals surface area contributed by atoms with Crippen LogP contribution in [0.1, 0.15) is 25.8 Å². The number of anilines is 1. The molecule has 1 fully saturated rings. The van der Waals surface area contributed by atoms with E-state index in [1.807, 2.05) is 56.3 Å². The fourth-order valence-electron chi connectivity index (χ4n) is 3.20. The number of nitrogens with zero attached hydrogens (tertiary/aromatic N) is 2. The van der Waals surface area contributed by atoms with Crippen molar-refractivity contribution in [3.63, 3.8) is 0 Å². The molecule has 27 heavy (non-hydrogen) atoms. The van der Waals surface area contributed by atoms with Crippen LogP contribution in [0.25, 0.3) is 0 Å². The van der Waals surface area contributed by atoms with Crippen LogP contribution in [0.5, 0.6) is 0 Å². The second kappa shape index (κ2) is 8.44. The SMILES string of the molecule is CC(C)N(Cc1ccccc1)C(=O)NC1CC(=O)N(c2ccc(Cl)cc2)C1. The highest BCUT2D eigenvalue weighted by Crippen LogP contribution is 2.23. The van der Waals surface area contributed by atoms with Crippen LogP contribution in [0, 0.1) is 0 Å². The van der Waals surface area contributed by atoms with Gasteiger partial charge in [-0.25, -0.2) is 4.79 Å². The monoisotopic (exact) mass is 385 g/mol. The molecule has 3 rings (SSSR count). The minimum atomic E-state index is -0.210. The quantitative estimate of drug-likeness (QED) is 0.843. The van der Waals surface area contributed by atoms with Crippen molar-refractivity contribution in [1.82, 2.24) is 10.2 Å². The summed E-state index contributed by atoms with van der Waals surface area (Å²) in [6, 6.07) is 16.7. The Labute approximate surface area is 164 Å². The molecule has 1 saturated heterocycles.